The topological polar surface area (TPSA) is 42.2 Å². The SMILES string of the molecule is Cc1ccc(C#N)cc1OCc1cc(Cl)cc2c1OCC2. The van der Waals surface area contributed by atoms with Crippen LogP contribution in [0.3, 0.4) is 0 Å². The van der Waals surface area contributed by atoms with Crippen LogP contribution in [0, 0.1) is 18.3 Å². The van der Waals surface area contributed by atoms with Crippen LogP contribution in [0.4, 0.5) is 0 Å². The summed E-state index contributed by atoms with van der Waals surface area (Å²) < 4.78 is 11.5. The molecule has 3 rings (SSSR count). The van der Waals surface area contributed by atoms with Crippen molar-refractivity contribution in [1.82, 2.24) is 0 Å². The summed E-state index contributed by atoms with van der Waals surface area (Å²) in [5, 5.41) is 9.65. The molecule has 0 radical (unpaired) electrons. The zero-order valence-electron chi connectivity index (χ0n) is 11.6. The molecule has 3 nitrogen and oxygen atoms in total. The van der Waals surface area contributed by atoms with Crippen LogP contribution in [-0.2, 0) is 13.0 Å². The minimum absolute atomic E-state index is 0.374. The molecule has 21 heavy (non-hydrogen) atoms. The fourth-order valence-electron chi connectivity index (χ4n) is 2.43. The van der Waals surface area contributed by atoms with Gasteiger partial charge < -0.3 is 9.47 Å². The third-order valence-corrected chi connectivity index (χ3v) is 3.74. The van der Waals surface area contributed by atoms with Gasteiger partial charge in [-0.1, -0.05) is 17.7 Å². The Kier molecular flexibility index (Phi) is 3.72. The lowest BCUT2D eigenvalue weighted by atomic mass is 10.1. The van der Waals surface area contributed by atoms with Crippen LogP contribution in [-0.4, -0.2) is 6.61 Å². The maximum absolute atomic E-state index is 8.96. The second-order valence-electron chi connectivity index (χ2n) is 5.03. The van der Waals surface area contributed by atoms with Gasteiger partial charge in [-0.3, -0.25) is 0 Å². The number of hydrogen-bond donors (Lipinski definition) is 0. The van der Waals surface area contributed by atoms with Gasteiger partial charge in [0.1, 0.15) is 18.1 Å². The predicted molar refractivity (Wildman–Crippen MR) is 80.9 cm³/mol. The Morgan fingerprint density at radius 1 is 1.33 bits per heavy atom. The van der Waals surface area contributed by atoms with E-state index in [1.54, 1.807) is 12.1 Å². The maximum Gasteiger partial charge on any atom is 0.129 e. The van der Waals surface area contributed by atoms with Gasteiger partial charge in [-0.25, -0.2) is 0 Å². The number of hydrogen-bond acceptors (Lipinski definition) is 3. The summed E-state index contributed by atoms with van der Waals surface area (Å²) >= 11 is 6.14. The van der Waals surface area contributed by atoms with Crippen LogP contribution >= 0.6 is 11.6 Å². The van der Waals surface area contributed by atoms with E-state index >= 15 is 0 Å². The van der Waals surface area contributed by atoms with Crippen LogP contribution in [0.15, 0.2) is 30.3 Å². The van der Waals surface area contributed by atoms with Crippen LogP contribution in [0.1, 0.15) is 22.3 Å². The number of aryl methyl sites for hydroxylation is 1. The van der Waals surface area contributed by atoms with Crippen LogP contribution in [0.2, 0.25) is 5.02 Å². The Labute approximate surface area is 128 Å². The van der Waals surface area contributed by atoms with E-state index in [2.05, 4.69) is 6.07 Å². The van der Waals surface area contributed by atoms with E-state index in [-0.39, 0.29) is 0 Å². The third kappa shape index (κ3) is 2.81. The molecule has 0 aliphatic carbocycles. The van der Waals surface area contributed by atoms with E-state index in [0.29, 0.717) is 29.5 Å². The summed E-state index contributed by atoms with van der Waals surface area (Å²) in [7, 11) is 0. The molecule has 0 saturated heterocycles. The van der Waals surface area contributed by atoms with E-state index in [1.165, 1.54) is 0 Å². The Morgan fingerprint density at radius 3 is 3.00 bits per heavy atom. The van der Waals surface area contributed by atoms with Crippen molar-refractivity contribution in [2.45, 2.75) is 20.0 Å². The van der Waals surface area contributed by atoms with Crippen molar-refractivity contribution in [1.29, 1.82) is 5.26 Å². The van der Waals surface area contributed by atoms with Gasteiger partial charge in [-0.15, -0.1) is 0 Å². The maximum atomic E-state index is 8.96. The molecular formula is C17H14ClNO2. The average Bonchev–Trinajstić information content (AvgIpc) is 2.94. The molecule has 1 aliphatic rings. The summed E-state index contributed by atoms with van der Waals surface area (Å²) in [5.74, 6) is 1.59. The highest BCUT2D eigenvalue weighted by Gasteiger charge is 2.18. The lowest BCUT2D eigenvalue weighted by Gasteiger charge is -2.12. The first kappa shape index (κ1) is 13.8. The zero-order valence-corrected chi connectivity index (χ0v) is 12.4. The van der Waals surface area contributed by atoms with Crippen molar-refractivity contribution >= 4 is 11.6 Å². The molecule has 0 unspecified atom stereocenters. The van der Waals surface area contributed by atoms with Gasteiger partial charge in [0, 0.05) is 17.0 Å². The molecule has 2 aromatic carbocycles. The summed E-state index contributed by atoms with van der Waals surface area (Å²) in [6, 6.07) is 11.3. The third-order valence-electron chi connectivity index (χ3n) is 3.53. The molecule has 0 fully saturated rings. The second kappa shape index (κ2) is 5.67. The number of rotatable bonds is 3. The molecular weight excluding hydrogens is 286 g/mol. The number of benzene rings is 2. The molecule has 1 aliphatic heterocycles. The Balaban J connectivity index is 1.85. The summed E-state index contributed by atoms with van der Waals surface area (Å²) in [6.45, 7) is 3.01. The first-order valence-electron chi connectivity index (χ1n) is 6.75. The standard InChI is InChI=1S/C17H14ClNO2/c1-11-2-3-12(9-19)6-16(11)21-10-14-8-15(18)7-13-4-5-20-17(13)14/h2-3,6-8H,4-5,10H2,1H3. The molecule has 4 heteroatoms. The van der Waals surface area contributed by atoms with Crippen LogP contribution < -0.4 is 9.47 Å². The first-order valence-corrected chi connectivity index (χ1v) is 7.13. The summed E-state index contributed by atoms with van der Waals surface area (Å²) in [5.41, 5.74) is 3.65. The second-order valence-corrected chi connectivity index (χ2v) is 5.47. The molecule has 0 aromatic heterocycles. The van der Waals surface area contributed by atoms with Gasteiger partial charge in [0.2, 0.25) is 0 Å². The molecule has 2 aromatic rings. The largest absolute Gasteiger partial charge is 0.493 e. The van der Waals surface area contributed by atoms with Crippen LogP contribution in [0.25, 0.3) is 0 Å². The molecule has 0 spiro atoms. The van der Waals surface area contributed by atoms with E-state index in [4.69, 9.17) is 26.3 Å². The Hall–Kier alpha value is -2.18. The molecule has 0 atom stereocenters. The van der Waals surface area contributed by atoms with Crippen molar-refractivity contribution in [3.63, 3.8) is 0 Å². The van der Waals surface area contributed by atoms with Gasteiger partial charge in [0.25, 0.3) is 0 Å². The van der Waals surface area contributed by atoms with Gasteiger partial charge in [-0.05, 0) is 42.3 Å². The summed E-state index contributed by atoms with van der Waals surface area (Å²) in [6.07, 6.45) is 0.881. The van der Waals surface area contributed by atoms with Gasteiger partial charge in [0.05, 0.1) is 18.2 Å². The van der Waals surface area contributed by atoms with Gasteiger partial charge in [-0.2, -0.15) is 5.26 Å². The predicted octanol–water partition coefficient (Wildman–Crippen LogP) is 4.03. The first-order chi connectivity index (χ1) is 10.2. The number of fused-ring (bicyclic) bond motifs is 1. The average molecular weight is 300 g/mol. The quantitative estimate of drug-likeness (QED) is 0.859. The molecule has 0 amide bonds. The van der Waals surface area contributed by atoms with Crippen molar-refractivity contribution in [3.05, 3.63) is 57.6 Å². The van der Waals surface area contributed by atoms with E-state index in [0.717, 1.165) is 28.9 Å². The fourth-order valence-corrected chi connectivity index (χ4v) is 2.70. The van der Waals surface area contributed by atoms with Crippen molar-refractivity contribution in [2.75, 3.05) is 6.61 Å². The highest BCUT2D eigenvalue weighted by Crippen LogP contribution is 2.33. The van der Waals surface area contributed by atoms with Crippen molar-refractivity contribution in [3.8, 4) is 17.6 Å². The van der Waals surface area contributed by atoms with Gasteiger partial charge >= 0.3 is 0 Å². The fraction of sp³-hybridized carbons (Fsp3) is 0.235. The monoisotopic (exact) mass is 299 g/mol. The number of nitrogens with zero attached hydrogens (tertiary/aromatic N) is 1. The Morgan fingerprint density at radius 2 is 2.19 bits per heavy atom. The van der Waals surface area contributed by atoms with E-state index < -0.39 is 0 Å². The lowest BCUT2D eigenvalue weighted by Crippen LogP contribution is -2.00. The minimum atomic E-state index is 0.374. The molecule has 0 bridgehead atoms. The minimum Gasteiger partial charge on any atom is -0.493 e. The smallest absolute Gasteiger partial charge is 0.129 e. The van der Waals surface area contributed by atoms with Crippen molar-refractivity contribution in [2.24, 2.45) is 0 Å². The van der Waals surface area contributed by atoms with Gasteiger partial charge in [0.15, 0.2) is 0 Å². The Bertz CT molecular complexity index is 734. The normalized spacial score (nSPS) is 12.4. The number of halogens is 1. The van der Waals surface area contributed by atoms with Crippen LogP contribution in [0.5, 0.6) is 11.5 Å². The highest BCUT2D eigenvalue weighted by molar-refractivity contribution is 6.30. The lowest BCUT2D eigenvalue weighted by molar-refractivity contribution is 0.290. The molecule has 1 heterocycles. The number of ether oxygens (including phenoxy) is 2. The number of nitriles is 1. The molecule has 106 valence electrons. The summed E-state index contributed by atoms with van der Waals surface area (Å²) in [4.78, 5) is 0. The molecule has 0 saturated carbocycles. The van der Waals surface area contributed by atoms with E-state index in [1.807, 2.05) is 25.1 Å². The zero-order chi connectivity index (χ0) is 14.8. The van der Waals surface area contributed by atoms with Crippen molar-refractivity contribution < 1.29 is 9.47 Å². The molecule has 0 N–H and O–H groups in total. The van der Waals surface area contributed by atoms with E-state index in [9.17, 15) is 0 Å². The highest BCUT2D eigenvalue weighted by atomic mass is 35.5.